The Morgan fingerprint density at radius 2 is 1.95 bits per heavy atom. The molecule has 0 fully saturated rings. The second-order valence-electron chi connectivity index (χ2n) is 4.43. The van der Waals surface area contributed by atoms with Crippen LogP contribution in [0.3, 0.4) is 0 Å². The van der Waals surface area contributed by atoms with Crippen LogP contribution in [-0.4, -0.2) is 36.5 Å². The quantitative estimate of drug-likeness (QED) is 0.344. The highest BCUT2D eigenvalue weighted by Gasteiger charge is 2.07. The van der Waals surface area contributed by atoms with Crippen LogP contribution in [0.2, 0.25) is 0 Å². The molecular formula is C15H19NO5. The van der Waals surface area contributed by atoms with E-state index in [4.69, 9.17) is 9.94 Å². The number of nitrogens with zero attached hydrogens (tertiary/aromatic N) is 1. The van der Waals surface area contributed by atoms with Crippen molar-refractivity contribution in [1.82, 2.24) is 0 Å². The van der Waals surface area contributed by atoms with E-state index in [-0.39, 0.29) is 6.42 Å². The highest BCUT2D eigenvalue weighted by molar-refractivity contribution is 6.00. The summed E-state index contributed by atoms with van der Waals surface area (Å²) in [5.41, 5.74) is 1.86. The van der Waals surface area contributed by atoms with Crippen molar-refractivity contribution in [1.29, 1.82) is 0 Å². The molecule has 0 amide bonds. The molecular weight excluding hydrogens is 274 g/mol. The van der Waals surface area contributed by atoms with Crippen LogP contribution in [-0.2, 0) is 14.4 Å². The summed E-state index contributed by atoms with van der Waals surface area (Å²) in [6.07, 6.45) is 1.32. The van der Waals surface area contributed by atoms with Gasteiger partial charge in [0.25, 0.3) is 0 Å². The predicted octanol–water partition coefficient (Wildman–Crippen LogP) is 2.47. The maximum Gasteiger partial charge on any atom is 0.337 e. The summed E-state index contributed by atoms with van der Waals surface area (Å²) in [5.74, 6) is -1.21. The van der Waals surface area contributed by atoms with Gasteiger partial charge >= 0.3 is 11.9 Å². The first-order chi connectivity index (χ1) is 10.0. The van der Waals surface area contributed by atoms with Crippen molar-refractivity contribution < 1.29 is 24.3 Å². The van der Waals surface area contributed by atoms with Gasteiger partial charge in [0, 0.05) is 6.42 Å². The Labute approximate surface area is 123 Å². The second kappa shape index (κ2) is 8.73. The molecule has 0 bridgehead atoms. The van der Waals surface area contributed by atoms with Crippen molar-refractivity contribution in [2.45, 2.75) is 26.2 Å². The number of carbonyl (C=O) groups is 2. The first-order valence-electron chi connectivity index (χ1n) is 6.61. The molecule has 114 valence electrons. The monoisotopic (exact) mass is 293 g/mol. The van der Waals surface area contributed by atoms with Crippen LogP contribution in [0, 0.1) is 0 Å². The van der Waals surface area contributed by atoms with Crippen LogP contribution in [0.4, 0.5) is 0 Å². The lowest BCUT2D eigenvalue weighted by Gasteiger charge is -2.04. The van der Waals surface area contributed by atoms with Gasteiger partial charge in [0.2, 0.25) is 0 Å². The Balaban J connectivity index is 2.50. The van der Waals surface area contributed by atoms with Crippen LogP contribution in [0.25, 0.3) is 0 Å². The van der Waals surface area contributed by atoms with Crippen LogP contribution >= 0.6 is 0 Å². The van der Waals surface area contributed by atoms with Gasteiger partial charge in [-0.15, -0.1) is 0 Å². The van der Waals surface area contributed by atoms with E-state index in [0.29, 0.717) is 30.7 Å². The van der Waals surface area contributed by atoms with Gasteiger partial charge in [0.05, 0.1) is 18.4 Å². The molecule has 0 spiro atoms. The smallest absolute Gasteiger partial charge is 0.337 e. The number of esters is 1. The number of ether oxygens (including phenoxy) is 1. The molecule has 0 atom stereocenters. The molecule has 21 heavy (non-hydrogen) atoms. The lowest BCUT2D eigenvalue weighted by Crippen LogP contribution is -2.04. The number of hydrogen-bond acceptors (Lipinski definition) is 5. The number of methoxy groups -OCH3 is 1. The minimum absolute atomic E-state index is 0.132. The number of carboxylic acid groups (broad SMARTS) is 1. The molecule has 6 nitrogen and oxygen atoms in total. The van der Waals surface area contributed by atoms with Crippen LogP contribution in [0.15, 0.2) is 29.4 Å². The number of oxime groups is 1. The molecule has 0 heterocycles. The molecule has 0 aliphatic carbocycles. The fourth-order valence-corrected chi connectivity index (χ4v) is 1.63. The Bertz CT molecular complexity index is 525. The SMILES string of the molecule is COC(=O)c1cccc(/C(C)=N/OCCCCC(=O)O)c1. The van der Waals surface area contributed by atoms with E-state index in [2.05, 4.69) is 9.89 Å². The maximum absolute atomic E-state index is 11.4. The highest BCUT2D eigenvalue weighted by atomic mass is 16.6. The Kier molecular flexibility index (Phi) is 6.94. The topological polar surface area (TPSA) is 85.2 Å². The second-order valence-corrected chi connectivity index (χ2v) is 4.43. The van der Waals surface area contributed by atoms with E-state index < -0.39 is 11.9 Å². The van der Waals surface area contributed by atoms with Gasteiger partial charge in [0.1, 0.15) is 6.61 Å². The zero-order valence-electron chi connectivity index (χ0n) is 12.2. The summed E-state index contributed by atoms with van der Waals surface area (Å²) in [6.45, 7) is 2.13. The summed E-state index contributed by atoms with van der Waals surface area (Å²) in [5, 5.41) is 12.4. The van der Waals surface area contributed by atoms with Crippen molar-refractivity contribution in [2.75, 3.05) is 13.7 Å². The molecule has 0 aliphatic heterocycles. The average molecular weight is 293 g/mol. The maximum atomic E-state index is 11.4. The van der Waals surface area contributed by atoms with E-state index in [1.807, 2.05) is 6.07 Å². The van der Waals surface area contributed by atoms with E-state index >= 15 is 0 Å². The predicted molar refractivity (Wildman–Crippen MR) is 77.4 cm³/mol. The summed E-state index contributed by atoms with van der Waals surface area (Å²) >= 11 is 0. The van der Waals surface area contributed by atoms with E-state index in [1.165, 1.54) is 7.11 Å². The molecule has 0 aromatic heterocycles. The minimum Gasteiger partial charge on any atom is -0.481 e. The van der Waals surface area contributed by atoms with Gasteiger partial charge in [-0.25, -0.2) is 4.79 Å². The fourth-order valence-electron chi connectivity index (χ4n) is 1.63. The van der Waals surface area contributed by atoms with Gasteiger partial charge < -0.3 is 14.7 Å². The van der Waals surface area contributed by atoms with E-state index in [0.717, 1.165) is 5.56 Å². The minimum atomic E-state index is -0.811. The molecule has 0 radical (unpaired) electrons. The molecule has 6 heteroatoms. The molecule has 0 aliphatic rings. The van der Waals surface area contributed by atoms with E-state index in [1.54, 1.807) is 25.1 Å². The third-order valence-electron chi connectivity index (χ3n) is 2.78. The standard InChI is InChI=1S/C15H19NO5/c1-11(16-21-9-4-3-8-14(17)18)12-6-5-7-13(10-12)15(19)20-2/h5-7,10H,3-4,8-9H2,1-2H3,(H,17,18)/b16-11+. The van der Waals surface area contributed by atoms with Crippen LogP contribution in [0.1, 0.15) is 42.1 Å². The molecule has 1 N–H and O–H groups in total. The highest BCUT2D eigenvalue weighted by Crippen LogP contribution is 2.08. The molecule has 0 saturated heterocycles. The van der Waals surface area contributed by atoms with Gasteiger partial charge in [-0.1, -0.05) is 17.3 Å². The van der Waals surface area contributed by atoms with Gasteiger partial charge in [-0.3, -0.25) is 4.79 Å². The normalized spacial score (nSPS) is 11.0. The number of aliphatic carboxylic acids is 1. The number of benzene rings is 1. The first kappa shape index (κ1) is 16.7. The Hall–Kier alpha value is -2.37. The number of rotatable bonds is 8. The average Bonchev–Trinajstić information content (AvgIpc) is 2.49. The first-order valence-corrected chi connectivity index (χ1v) is 6.61. The summed E-state index contributed by atoms with van der Waals surface area (Å²) in [7, 11) is 1.33. The number of unbranched alkanes of at least 4 members (excludes halogenated alkanes) is 1. The molecule has 1 rings (SSSR count). The molecule has 1 aromatic rings. The van der Waals surface area contributed by atoms with Gasteiger partial charge in [0.15, 0.2) is 0 Å². The lowest BCUT2D eigenvalue weighted by atomic mass is 10.1. The number of hydrogen-bond donors (Lipinski definition) is 1. The zero-order valence-corrected chi connectivity index (χ0v) is 12.2. The number of carboxylic acids is 1. The summed E-state index contributed by atoms with van der Waals surface area (Å²) < 4.78 is 4.66. The Morgan fingerprint density at radius 3 is 2.62 bits per heavy atom. The zero-order chi connectivity index (χ0) is 15.7. The summed E-state index contributed by atoms with van der Waals surface area (Å²) in [6, 6.07) is 6.90. The van der Waals surface area contributed by atoms with Crippen LogP contribution < -0.4 is 0 Å². The van der Waals surface area contributed by atoms with Crippen molar-refractivity contribution in [3.63, 3.8) is 0 Å². The third kappa shape index (κ3) is 6.07. The van der Waals surface area contributed by atoms with Gasteiger partial charge in [-0.2, -0.15) is 0 Å². The molecule has 0 saturated carbocycles. The Morgan fingerprint density at radius 1 is 1.24 bits per heavy atom. The number of carbonyl (C=O) groups excluding carboxylic acids is 1. The summed E-state index contributed by atoms with van der Waals surface area (Å²) in [4.78, 5) is 26.9. The van der Waals surface area contributed by atoms with Crippen molar-refractivity contribution in [2.24, 2.45) is 5.16 Å². The fraction of sp³-hybridized carbons (Fsp3) is 0.400. The molecule has 1 aromatic carbocycles. The van der Waals surface area contributed by atoms with Gasteiger partial charge in [-0.05, 0) is 37.5 Å². The third-order valence-corrected chi connectivity index (χ3v) is 2.78. The molecule has 0 unspecified atom stereocenters. The van der Waals surface area contributed by atoms with Crippen molar-refractivity contribution in [3.05, 3.63) is 35.4 Å². The van der Waals surface area contributed by atoms with Crippen molar-refractivity contribution in [3.8, 4) is 0 Å². The van der Waals surface area contributed by atoms with Crippen LogP contribution in [0.5, 0.6) is 0 Å². The largest absolute Gasteiger partial charge is 0.481 e. The van der Waals surface area contributed by atoms with E-state index in [9.17, 15) is 9.59 Å². The lowest BCUT2D eigenvalue weighted by molar-refractivity contribution is -0.137. The van der Waals surface area contributed by atoms with Crippen molar-refractivity contribution >= 4 is 17.7 Å².